The van der Waals surface area contributed by atoms with Gasteiger partial charge in [0.1, 0.15) is 0 Å². The minimum absolute atomic E-state index is 0.109. The van der Waals surface area contributed by atoms with Gasteiger partial charge < -0.3 is 10.1 Å². The molecule has 12 heavy (non-hydrogen) atoms. The average molecular weight is 171 g/mol. The summed E-state index contributed by atoms with van der Waals surface area (Å²) in [6, 6.07) is 0. The first-order valence-corrected chi connectivity index (χ1v) is 4.36. The van der Waals surface area contributed by atoms with Gasteiger partial charge in [-0.2, -0.15) is 0 Å². The van der Waals surface area contributed by atoms with Crippen LogP contribution in [-0.2, 0) is 9.53 Å². The normalized spacial score (nSPS) is 18.6. The number of hydrogen-bond acceptors (Lipinski definition) is 2. The van der Waals surface area contributed by atoms with Gasteiger partial charge in [0, 0.05) is 17.9 Å². The first-order valence-electron chi connectivity index (χ1n) is 4.36. The third-order valence-electron chi connectivity index (χ3n) is 1.70. The van der Waals surface area contributed by atoms with E-state index in [2.05, 4.69) is 5.32 Å². The van der Waals surface area contributed by atoms with Crippen LogP contribution in [0.5, 0.6) is 0 Å². The van der Waals surface area contributed by atoms with Gasteiger partial charge in [-0.3, -0.25) is 4.79 Å². The lowest BCUT2D eigenvalue weighted by molar-refractivity contribution is -0.127. The summed E-state index contributed by atoms with van der Waals surface area (Å²) >= 11 is 0. The van der Waals surface area contributed by atoms with Gasteiger partial charge in [0.2, 0.25) is 5.91 Å². The van der Waals surface area contributed by atoms with E-state index in [1.165, 1.54) is 0 Å². The van der Waals surface area contributed by atoms with Crippen molar-refractivity contribution in [3.05, 3.63) is 0 Å². The minimum Gasteiger partial charge on any atom is -0.381 e. The Balaban J connectivity index is 2.19. The summed E-state index contributed by atoms with van der Waals surface area (Å²) in [6.45, 7) is 7.46. The van der Waals surface area contributed by atoms with E-state index < -0.39 is 0 Å². The van der Waals surface area contributed by atoms with Crippen molar-refractivity contribution in [1.82, 2.24) is 5.32 Å². The van der Waals surface area contributed by atoms with Crippen LogP contribution in [-0.4, -0.2) is 24.7 Å². The van der Waals surface area contributed by atoms with E-state index in [9.17, 15) is 4.79 Å². The van der Waals surface area contributed by atoms with Crippen LogP contribution in [0.3, 0.4) is 0 Å². The molecular weight excluding hydrogens is 154 g/mol. The van der Waals surface area contributed by atoms with Gasteiger partial charge in [0.25, 0.3) is 0 Å². The van der Waals surface area contributed by atoms with Gasteiger partial charge in [-0.25, -0.2) is 0 Å². The monoisotopic (exact) mass is 171 g/mol. The van der Waals surface area contributed by atoms with Gasteiger partial charge in [-0.05, 0) is 20.8 Å². The highest BCUT2D eigenvalue weighted by Gasteiger charge is 2.23. The van der Waals surface area contributed by atoms with Gasteiger partial charge >= 0.3 is 0 Å². The minimum atomic E-state index is -0.109. The molecule has 0 saturated carbocycles. The lowest BCUT2D eigenvalue weighted by Crippen LogP contribution is -2.43. The molecule has 1 saturated heterocycles. The number of carbonyl (C=O) groups excluding carboxylic acids is 1. The van der Waals surface area contributed by atoms with Crippen molar-refractivity contribution in [2.75, 3.05) is 13.2 Å². The van der Waals surface area contributed by atoms with Crippen LogP contribution in [0.4, 0.5) is 0 Å². The predicted molar refractivity (Wildman–Crippen MR) is 46.8 cm³/mol. The van der Waals surface area contributed by atoms with Crippen LogP contribution in [0.25, 0.3) is 0 Å². The first-order chi connectivity index (χ1) is 5.47. The van der Waals surface area contributed by atoms with Crippen LogP contribution < -0.4 is 5.32 Å². The quantitative estimate of drug-likeness (QED) is 0.671. The highest BCUT2D eigenvalue weighted by atomic mass is 16.5. The van der Waals surface area contributed by atoms with E-state index in [0.717, 1.165) is 13.2 Å². The molecule has 0 radical (unpaired) electrons. The molecule has 3 heteroatoms. The molecule has 1 rings (SSSR count). The molecule has 1 aliphatic rings. The SMILES string of the molecule is CC(C)(C)NC(=O)CC1COC1. The summed E-state index contributed by atoms with van der Waals surface area (Å²) < 4.78 is 4.99. The second-order valence-corrected chi connectivity index (χ2v) is 4.41. The fourth-order valence-electron chi connectivity index (χ4n) is 1.13. The molecule has 0 aromatic carbocycles. The fourth-order valence-corrected chi connectivity index (χ4v) is 1.13. The molecule has 1 fully saturated rings. The molecule has 3 nitrogen and oxygen atoms in total. The molecule has 1 amide bonds. The molecule has 70 valence electrons. The maximum atomic E-state index is 11.3. The zero-order valence-corrected chi connectivity index (χ0v) is 8.02. The number of rotatable bonds is 2. The van der Waals surface area contributed by atoms with Crippen molar-refractivity contribution in [3.8, 4) is 0 Å². The molecule has 0 bridgehead atoms. The fraction of sp³-hybridized carbons (Fsp3) is 0.889. The summed E-state index contributed by atoms with van der Waals surface area (Å²) in [5.74, 6) is 0.586. The van der Waals surface area contributed by atoms with E-state index in [1.54, 1.807) is 0 Å². The average Bonchev–Trinajstić information content (AvgIpc) is 1.74. The standard InChI is InChI=1S/C9H17NO2/c1-9(2,3)10-8(11)4-7-5-12-6-7/h7H,4-6H2,1-3H3,(H,10,11). The Bertz CT molecular complexity index is 168. The number of amides is 1. The number of carbonyl (C=O) groups is 1. The zero-order chi connectivity index (χ0) is 9.19. The third-order valence-corrected chi connectivity index (χ3v) is 1.70. The Morgan fingerprint density at radius 2 is 2.08 bits per heavy atom. The second kappa shape index (κ2) is 3.44. The summed E-state index contributed by atoms with van der Waals surface area (Å²) in [5, 5.41) is 2.92. The molecule has 0 aliphatic carbocycles. The van der Waals surface area contributed by atoms with Crippen molar-refractivity contribution >= 4 is 5.91 Å². The van der Waals surface area contributed by atoms with Crippen molar-refractivity contribution < 1.29 is 9.53 Å². The first kappa shape index (κ1) is 9.52. The summed E-state index contributed by atoms with van der Waals surface area (Å²) in [6.07, 6.45) is 0.608. The molecule has 1 heterocycles. The molecule has 0 atom stereocenters. The number of nitrogens with one attached hydrogen (secondary N) is 1. The number of hydrogen-bond donors (Lipinski definition) is 1. The highest BCUT2D eigenvalue weighted by molar-refractivity contribution is 5.77. The van der Waals surface area contributed by atoms with Crippen LogP contribution in [0.1, 0.15) is 27.2 Å². The Hall–Kier alpha value is -0.570. The van der Waals surface area contributed by atoms with Gasteiger partial charge in [-0.1, -0.05) is 0 Å². The lowest BCUT2D eigenvalue weighted by atomic mass is 10.0. The second-order valence-electron chi connectivity index (χ2n) is 4.41. The van der Waals surface area contributed by atoms with Crippen LogP contribution in [0, 0.1) is 5.92 Å². The summed E-state index contributed by atoms with van der Waals surface area (Å²) in [5.41, 5.74) is -0.109. The maximum absolute atomic E-state index is 11.3. The summed E-state index contributed by atoms with van der Waals surface area (Å²) in [7, 11) is 0. The Kier molecular flexibility index (Phi) is 2.73. The molecule has 0 aromatic heterocycles. The zero-order valence-electron chi connectivity index (χ0n) is 8.02. The molecular formula is C9H17NO2. The van der Waals surface area contributed by atoms with Crippen molar-refractivity contribution in [1.29, 1.82) is 0 Å². The molecule has 0 spiro atoms. The van der Waals surface area contributed by atoms with E-state index >= 15 is 0 Å². The Labute approximate surface area is 73.5 Å². The van der Waals surface area contributed by atoms with Gasteiger partial charge in [0.05, 0.1) is 13.2 Å². The smallest absolute Gasteiger partial charge is 0.220 e. The van der Waals surface area contributed by atoms with Crippen molar-refractivity contribution in [2.24, 2.45) is 5.92 Å². The van der Waals surface area contributed by atoms with Crippen molar-refractivity contribution in [2.45, 2.75) is 32.7 Å². The maximum Gasteiger partial charge on any atom is 0.220 e. The van der Waals surface area contributed by atoms with Crippen molar-refractivity contribution in [3.63, 3.8) is 0 Å². The summed E-state index contributed by atoms with van der Waals surface area (Å²) in [4.78, 5) is 11.3. The van der Waals surface area contributed by atoms with Gasteiger partial charge in [0.15, 0.2) is 0 Å². The van der Waals surface area contributed by atoms with E-state index in [4.69, 9.17) is 4.74 Å². The van der Waals surface area contributed by atoms with E-state index in [1.807, 2.05) is 20.8 Å². The molecule has 1 aliphatic heterocycles. The number of ether oxygens (including phenoxy) is 1. The van der Waals surface area contributed by atoms with E-state index in [-0.39, 0.29) is 11.4 Å². The molecule has 0 unspecified atom stereocenters. The predicted octanol–water partition coefficient (Wildman–Crippen LogP) is 0.938. The van der Waals surface area contributed by atoms with E-state index in [0.29, 0.717) is 12.3 Å². The molecule has 0 aromatic rings. The van der Waals surface area contributed by atoms with Crippen LogP contribution >= 0.6 is 0 Å². The lowest BCUT2D eigenvalue weighted by Gasteiger charge is -2.27. The Morgan fingerprint density at radius 3 is 2.42 bits per heavy atom. The molecule has 1 N–H and O–H groups in total. The topological polar surface area (TPSA) is 38.3 Å². The van der Waals surface area contributed by atoms with Crippen LogP contribution in [0.15, 0.2) is 0 Å². The Morgan fingerprint density at radius 1 is 1.50 bits per heavy atom. The van der Waals surface area contributed by atoms with Gasteiger partial charge in [-0.15, -0.1) is 0 Å². The third kappa shape index (κ3) is 3.22. The largest absolute Gasteiger partial charge is 0.381 e. The highest BCUT2D eigenvalue weighted by Crippen LogP contribution is 2.14. The van der Waals surface area contributed by atoms with Crippen LogP contribution in [0.2, 0.25) is 0 Å².